The Balaban J connectivity index is 2.56. The minimum Gasteiger partial charge on any atom is -0.497 e. The third-order valence-corrected chi connectivity index (χ3v) is 2.44. The summed E-state index contributed by atoms with van der Waals surface area (Å²) in [4.78, 5) is 10.7. The first kappa shape index (κ1) is 13.5. The highest BCUT2D eigenvalue weighted by Crippen LogP contribution is 2.16. The van der Waals surface area contributed by atoms with Crippen LogP contribution in [0.1, 0.15) is 12.5 Å². The number of aliphatic hydroxyl groups excluding tert-OH is 1. The van der Waals surface area contributed by atoms with Gasteiger partial charge >= 0.3 is 5.97 Å². The second kappa shape index (κ2) is 6.91. The van der Waals surface area contributed by atoms with Gasteiger partial charge in [0.15, 0.2) is 0 Å². The molecule has 0 bridgehead atoms. The fraction of sp³-hybridized carbons (Fsp3) is 0.462. The van der Waals surface area contributed by atoms with Crippen molar-refractivity contribution in [3.63, 3.8) is 0 Å². The summed E-state index contributed by atoms with van der Waals surface area (Å²) >= 11 is 0. The van der Waals surface area contributed by atoms with Crippen LogP contribution >= 0.6 is 0 Å². The molecule has 1 aromatic carbocycles. The molecular weight excluding hydrogens is 220 g/mol. The van der Waals surface area contributed by atoms with Crippen LogP contribution in [0.3, 0.4) is 0 Å². The molecule has 0 amide bonds. The summed E-state index contributed by atoms with van der Waals surface area (Å²) in [6.07, 6.45) is 0.654. The highest BCUT2D eigenvalue weighted by Gasteiger charge is 2.11. The van der Waals surface area contributed by atoms with Gasteiger partial charge in [-0.25, -0.2) is 0 Å². The molecular formula is C13H18O4. The number of methoxy groups -OCH3 is 1. The summed E-state index contributed by atoms with van der Waals surface area (Å²) in [6.45, 7) is 1.59. The number of aliphatic hydroxyl groups is 1. The molecule has 1 aromatic rings. The second-order valence-corrected chi connectivity index (χ2v) is 3.91. The molecule has 0 spiro atoms. The first-order valence-electron chi connectivity index (χ1n) is 5.53. The molecule has 1 unspecified atom stereocenters. The second-order valence-electron chi connectivity index (χ2n) is 3.91. The molecule has 94 valence electrons. The number of carbonyl (C=O) groups excluding carboxylic acids is 1. The molecule has 0 radical (unpaired) electrons. The van der Waals surface area contributed by atoms with E-state index in [1.165, 1.54) is 6.92 Å². The highest BCUT2D eigenvalue weighted by molar-refractivity contribution is 5.65. The van der Waals surface area contributed by atoms with Crippen molar-refractivity contribution in [1.82, 2.24) is 0 Å². The molecule has 1 rings (SSSR count). The van der Waals surface area contributed by atoms with Crippen LogP contribution in [0.4, 0.5) is 0 Å². The predicted octanol–water partition coefficient (Wildman–Crippen LogP) is 1.41. The number of ether oxygens (including phenoxy) is 2. The van der Waals surface area contributed by atoms with E-state index in [0.717, 1.165) is 11.3 Å². The number of carbonyl (C=O) groups is 1. The Labute approximate surface area is 101 Å². The van der Waals surface area contributed by atoms with Crippen LogP contribution < -0.4 is 4.74 Å². The minimum absolute atomic E-state index is 0.00943. The molecule has 4 heteroatoms. The van der Waals surface area contributed by atoms with Crippen LogP contribution in [0.15, 0.2) is 24.3 Å². The van der Waals surface area contributed by atoms with Crippen LogP contribution in [0, 0.1) is 5.92 Å². The highest BCUT2D eigenvalue weighted by atomic mass is 16.5. The lowest BCUT2D eigenvalue weighted by Crippen LogP contribution is -2.18. The standard InChI is InChI=1S/C13H18O4/c1-10(15)17-9-12(8-14)6-11-4-3-5-13(7-11)16-2/h3-5,7,12,14H,6,8-9H2,1-2H3. The van der Waals surface area contributed by atoms with Gasteiger partial charge in [-0.15, -0.1) is 0 Å². The zero-order valence-corrected chi connectivity index (χ0v) is 10.2. The van der Waals surface area contributed by atoms with Crippen molar-refractivity contribution in [3.8, 4) is 5.75 Å². The van der Waals surface area contributed by atoms with Crippen molar-refractivity contribution in [2.45, 2.75) is 13.3 Å². The van der Waals surface area contributed by atoms with Gasteiger partial charge < -0.3 is 14.6 Å². The Bertz CT molecular complexity index is 362. The molecule has 0 saturated heterocycles. The molecule has 0 heterocycles. The molecule has 1 N–H and O–H groups in total. The van der Waals surface area contributed by atoms with Gasteiger partial charge in [-0.2, -0.15) is 0 Å². The van der Waals surface area contributed by atoms with Crippen molar-refractivity contribution in [2.75, 3.05) is 20.3 Å². The van der Waals surface area contributed by atoms with E-state index in [-0.39, 0.29) is 25.1 Å². The fourth-order valence-corrected chi connectivity index (χ4v) is 1.54. The molecule has 0 aliphatic rings. The SMILES string of the molecule is COc1cccc(CC(CO)COC(C)=O)c1. The molecule has 0 saturated carbocycles. The van der Waals surface area contributed by atoms with Gasteiger partial charge in [0.1, 0.15) is 5.75 Å². The maximum absolute atomic E-state index is 10.7. The van der Waals surface area contributed by atoms with Crippen molar-refractivity contribution < 1.29 is 19.4 Å². The van der Waals surface area contributed by atoms with Gasteiger partial charge in [0, 0.05) is 19.4 Å². The van der Waals surface area contributed by atoms with Crippen molar-refractivity contribution >= 4 is 5.97 Å². The Kier molecular flexibility index (Phi) is 5.49. The molecule has 0 aliphatic carbocycles. The lowest BCUT2D eigenvalue weighted by molar-refractivity contribution is -0.142. The van der Waals surface area contributed by atoms with Gasteiger partial charge in [0.25, 0.3) is 0 Å². The Morgan fingerprint density at radius 2 is 2.24 bits per heavy atom. The molecule has 17 heavy (non-hydrogen) atoms. The maximum atomic E-state index is 10.7. The van der Waals surface area contributed by atoms with Crippen LogP contribution in [-0.4, -0.2) is 31.4 Å². The van der Waals surface area contributed by atoms with E-state index in [2.05, 4.69) is 0 Å². The normalized spacial score (nSPS) is 11.9. The number of rotatable bonds is 6. The van der Waals surface area contributed by atoms with E-state index in [9.17, 15) is 9.90 Å². The molecule has 1 atom stereocenters. The lowest BCUT2D eigenvalue weighted by Gasteiger charge is -2.14. The summed E-state index contributed by atoms with van der Waals surface area (Å²) < 4.78 is 10.0. The first-order valence-corrected chi connectivity index (χ1v) is 5.53. The summed E-state index contributed by atoms with van der Waals surface area (Å²) in [6, 6.07) is 7.63. The zero-order valence-electron chi connectivity index (χ0n) is 10.2. The van der Waals surface area contributed by atoms with Crippen molar-refractivity contribution in [2.24, 2.45) is 5.92 Å². The molecule has 0 aliphatic heterocycles. The third kappa shape index (κ3) is 4.87. The average Bonchev–Trinajstić information content (AvgIpc) is 2.34. The van der Waals surface area contributed by atoms with E-state index < -0.39 is 0 Å². The van der Waals surface area contributed by atoms with Gasteiger partial charge in [0.05, 0.1) is 13.7 Å². The van der Waals surface area contributed by atoms with Crippen LogP contribution in [0.2, 0.25) is 0 Å². The first-order chi connectivity index (χ1) is 8.15. The zero-order chi connectivity index (χ0) is 12.7. The lowest BCUT2D eigenvalue weighted by atomic mass is 10.0. The van der Waals surface area contributed by atoms with E-state index in [0.29, 0.717) is 6.42 Å². The largest absolute Gasteiger partial charge is 0.497 e. The summed E-state index contributed by atoms with van der Waals surface area (Å²) in [7, 11) is 1.61. The fourth-order valence-electron chi connectivity index (χ4n) is 1.54. The maximum Gasteiger partial charge on any atom is 0.302 e. The molecule has 0 fully saturated rings. The molecule has 4 nitrogen and oxygen atoms in total. The van der Waals surface area contributed by atoms with E-state index in [4.69, 9.17) is 9.47 Å². The number of esters is 1. The van der Waals surface area contributed by atoms with E-state index in [1.54, 1.807) is 7.11 Å². The topological polar surface area (TPSA) is 55.8 Å². The van der Waals surface area contributed by atoms with Crippen LogP contribution in [-0.2, 0) is 16.0 Å². The van der Waals surface area contributed by atoms with Crippen molar-refractivity contribution in [3.05, 3.63) is 29.8 Å². The van der Waals surface area contributed by atoms with Gasteiger partial charge in [-0.3, -0.25) is 4.79 Å². The quantitative estimate of drug-likeness (QED) is 0.761. The summed E-state index contributed by atoms with van der Waals surface area (Å²) in [5.74, 6) is 0.381. The minimum atomic E-state index is -0.325. The summed E-state index contributed by atoms with van der Waals surface area (Å²) in [5, 5.41) is 9.20. The van der Waals surface area contributed by atoms with Crippen molar-refractivity contribution in [1.29, 1.82) is 0 Å². The van der Waals surface area contributed by atoms with Gasteiger partial charge in [0.2, 0.25) is 0 Å². The average molecular weight is 238 g/mol. The smallest absolute Gasteiger partial charge is 0.302 e. The van der Waals surface area contributed by atoms with E-state index >= 15 is 0 Å². The van der Waals surface area contributed by atoms with Crippen LogP contribution in [0.5, 0.6) is 5.75 Å². The van der Waals surface area contributed by atoms with Crippen LogP contribution in [0.25, 0.3) is 0 Å². The van der Waals surface area contributed by atoms with E-state index in [1.807, 2.05) is 24.3 Å². The Hall–Kier alpha value is -1.55. The molecule has 0 aromatic heterocycles. The Morgan fingerprint density at radius 3 is 2.82 bits per heavy atom. The van der Waals surface area contributed by atoms with Gasteiger partial charge in [-0.1, -0.05) is 12.1 Å². The number of benzene rings is 1. The third-order valence-electron chi connectivity index (χ3n) is 2.44. The number of hydrogen-bond acceptors (Lipinski definition) is 4. The monoisotopic (exact) mass is 238 g/mol. The Morgan fingerprint density at radius 1 is 1.47 bits per heavy atom. The number of hydrogen-bond donors (Lipinski definition) is 1. The van der Waals surface area contributed by atoms with Gasteiger partial charge in [-0.05, 0) is 24.1 Å². The predicted molar refractivity (Wildman–Crippen MR) is 63.9 cm³/mol. The summed E-state index contributed by atoms with van der Waals surface area (Å²) in [5.41, 5.74) is 1.05.